The summed E-state index contributed by atoms with van der Waals surface area (Å²) in [6.07, 6.45) is -0.424. The molecule has 2 heterocycles. The minimum absolute atomic E-state index is 0.0101. The Kier molecular flexibility index (Phi) is 9.05. The monoisotopic (exact) mass is 544 g/mol. The molecule has 1 aromatic heterocycles. The normalized spacial score (nSPS) is 17.3. The van der Waals surface area contributed by atoms with E-state index in [0.29, 0.717) is 24.5 Å². The number of rotatable bonds is 12. The summed E-state index contributed by atoms with van der Waals surface area (Å²) in [6, 6.07) is 17.1. The van der Waals surface area contributed by atoms with Gasteiger partial charge in [0.15, 0.2) is 0 Å². The minimum Gasteiger partial charge on any atom is -0.497 e. The molecule has 11 heteroatoms. The molecule has 0 saturated carbocycles. The molecule has 2 aromatic carbocycles. The molecule has 0 radical (unpaired) electrons. The van der Waals surface area contributed by atoms with Gasteiger partial charge in [-0.15, -0.1) is 0 Å². The number of ether oxygens (including phenoxy) is 2. The van der Waals surface area contributed by atoms with E-state index in [1.54, 1.807) is 24.3 Å². The number of sulfonamides is 1. The molecule has 4 rings (SSSR count). The first-order valence-corrected chi connectivity index (χ1v) is 13.7. The van der Waals surface area contributed by atoms with E-state index < -0.39 is 34.3 Å². The van der Waals surface area contributed by atoms with Crippen LogP contribution in [0, 0.1) is 0 Å². The Bertz CT molecular complexity index is 1260. The fourth-order valence-corrected chi connectivity index (χ4v) is 6.06. The van der Waals surface area contributed by atoms with Crippen molar-refractivity contribution in [3.8, 4) is 5.75 Å². The van der Waals surface area contributed by atoms with Crippen molar-refractivity contribution in [3.05, 3.63) is 84.3 Å². The van der Waals surface area contributed by atoms with Crippen LogP contribution < -0.4 is 4.74 Å². The van der Waals surface area contributed by atoms with Crippen LogP contribution in [0.1, 0.15) is 17.7 Å². The molecule has 1 saturated heterocycles. The molecule has 2 N–H and O–H groups in total. The maximum absolute atomic E-state index is 13.7. The van der Waals surface area contributed by atoms with Gasteiger partial charge in [0.1, 0.15) is 11.5 Å². The van der Waals surface area contributed by atoms with Crippen LogP contribution in [-0.2, 0) is 27.7 Å². The van der Waals surface area contributed by atoms with Crippen molar-refractivity contribution < 1.29 is 37.3 Å². The van der Waals surface area contributed by atoms with Gasteiger partial charge in [-0.2, -0.15) is 4.31 Å². The van der Waals surface area contributed by atoms with Crippen molar-refractivity contribution in [2.24, 2.45) is 0 Å². The van der Waals surface area contributed by atoms with Gasteiger partial charge in [-0.05, 0) is 54.8 Å². The second kappa shape index (κ2) is 12.4. The van der Waals surface area contributed by atoms with Crippen LogP contribution in [0.25, 0.3) is 0 Å². The molecular formula is C27H32N2O8S. The van der Waals surface area contributed by atoms with Crippen LogP contribution in [-0.4, -0.2) is 79.0 Å². The molecule has 38 heavy (non-hydrogen) atoms. The van der Waals surface area contributed by atoms with Gasteiger partial charge >= 0.3 is 6.09 Å². The Morgan fingerprint density at radius 2 is 1.84 bits per heavy atom. The molecule has 1 fully saturated rings. The molecule has 0 bridgehead atoms. The van der Waals surface area contributed by atoms with Gasteiger partial charge in [-0.3, -0.25) is 4.90 Å². The van der Waals surface area contributed by atoms with E-state index in [4.69, 9.17) is 13.9 Å². The number of methoxy groups -OCH3 is 1. The van der Waals surface area contributed by atoms with Crippen molar-refractivity contribution in [1.82, 2.24) is 9.21 Å². The Morgan fingerprint density at radius 3 is 2.42 bits per heavy atom. The zero-order chi connectivity index (χ0) is 27.1. The first-order chi connectivity index (χ1) is 18.3. The number of carbonyl (C=O) groups is 1. The fraction of sp³-hybridized carbons (Fsp3) is 0.370. The first-order valence-electron chi connectivity index (χ1n) is 12.3. The van der Waals surface area contributed by atoms with E-state index in [1.165, 1.54) is 30.4 Å². The summed E-state index contributed by atoms with van der Waals surface area (Å²) in [6.45, 7) is 0.129. The summed E-state index contributed by atoms with van der Waals surface area (Å²) in [5.74, 6) is 0.883. The molecule has 204 valence electrons. The zero-order valence-corrected chi connectivity index (χ0v) is 21.9. The van der Waals surface area contributed by atoms with Crippen molar-refractivity contribution in [1.29, 1.82) is 0 Å². The van der Waals surface area contributed by atoms with E-state index in [1.807, 2.05) is 30.3 Å². The van der Waals surface area contributed by atoms with Gasteiger partial charge in [0.05, 0.1) is 49.6 Å². The van der Waals surface area contributed by atoms with Crippen molar-refractivity contribution in [2.75, 3.05) is 26.9 Å². The van der Waals surface area contributed by atoms with E-state index in [2.05, 4.69) is 0 Å². The van der Waals surface area contributed by atoms with Crippen LogP contribution in [0.15, 0.2) is 82.3 Å². The van der Waals surface area contributed by atoms with E-state index in [9.17, 15) is 23.4 Å². The molecule has 0 unspecified atom stereocenters. The highest BCUT2D eigenvalue weighted by molar-refractivity contribution is 7.89. The number of hydrogen-bond donors (Lipinski definition) is 2. The van der Waals surface area contributed by atoms with Crippen LogP contribution in [0.5, 0.6) is 5.75 Å². The SMILES string of the molecule is COc1ccc(S(=O)(=O)N(Cc2ccco2)C[C@@H](O)[C@H](Cc2ccccc2)N(C(=O)O)[C@H]2CCOC2)cc1. The van der Waals surface area contributed by atoms with Gasteiger partial charge in [-0.1, -0.05) is 30.3 Å². The Hall–Kier alpha value is -3.38. The van der Waals surface area contributed by atoms with E-state index in [0.717, 1.165) is 9.87 Å². The number of benzene rings is 2. The number of amides is 1. The quantitative estimate of drug-likeness (QED) is 0.356. The summed E-state index contributed by atoms with van der Waals surface area (Å²) in [5, 5.41) is 21.7. The summed E-state index contributed by atoms with van der Waals surface area (Å²) < 4.78 is 44.5. The molecule has 0 spiro atoms. The van der Waals surface area contributed by atoms with Crippen LogP contribution in [0.2, 0.25) is 0 Å². The summed E-state index contributed by atoms with van der Waals surface area (Å²) in [5.41, 5.74) is 0.817. The van der Waals surface area contributed by atoms with E-state index >= 15 is 0 Å². The third-order valence-electron chi connectivity index (χ3n) is 6.61. The second-order valence-corrected chi connectivity index (χ2v) is 11.0. The molecule has 3 atom stereocenters. The maximum atomic E-state index is 13.7. The molecule has 1 amide bonds. The van der Waals surface area contributed by atoms with Gasteiger partial charge in [0.25, 0.3) is 0 Å². The van der Waals surface area contributed by atoms with Crippen LogP contribution in [0.3, 0.4) is 0 Å². The fourth-order valence-electron chi connectivity index (χ4n) is 4.64. The maximum Gasteiger partial charge on any atom is 0.407 e. The van der Waals surface area contributed by atoms with Crippen LogP contribution in [0.4, 0.5) is 4.79 Å². The van der Waals surface area contributed by atoms with Crippen molar-refractivity contribution >= 4 is 16.1 Å². The predicted octanol–water partition coefficient (Wildman–Crippen LogP) is 3.22. The highest BCUT2D eigenvalue weighted by Crippen LogP contribution is 2.26. The standard InChI is InChI=1S/C27H32N2O8S/c1-35-22-9-11-24(12-10-22)38(33,34)28(17-23-8-5-14-37-23)18-26(30)25(16-20-6-3-2-4-7-20)29(27(31)32)21-13-15-36-19-21/h2-12,14,21,25-26,30H,13,15-19H2,1H3,(H,31,32)/t21-,25-,26+/m0/s1. The number of aliphatic hydroxyl groups is 1. The first kappa shape index (κ1) is 27.6. The number of hydrogen-bond acceptors (Lipinski definition) is 7. The predicted molar refractivity (Wildman–Crippen MR) is 138 cm³/mol. The summed E-state index contributed by atoms with van der Waals surface area (Å²) >= 11 is 0. The highest BCUT2D eigenvalue weighted by Gasteiger charge is 2.39. The third-order valence-corrected chi connectivity index (χ3v) is 8.44. The number of carboxylic acid groups (broad SMARTS) is 1. The lowest BCUT2D eigenvalue weighted by Gasteiger charge is -2.38. The molecule has 1 aliphatic heterocycles. The second-order valence-electron chi connectivity index (χ2n) is 9.08. The van der Waals surface area contributed by atoms with Crippen molar-refractivity contribution in [3.63, 3.8) is 0 Å². The summed E-state index contributed by atoms with van der Waals surface area (Å²) in [7, 11) is -2.62. The molecule has 0 aliphatic carbocycles. The topological polar surface area (TPSA) is 130 Å². The smallest absolute Gasteiger partial charge is 0.407 e. The molecule has 1 aliphatic rings. The van der Waals surface area contributed by atoms with Gasteiger partial charge in [0.2, 0.25) is 10.0 Å². The Labute approximate surface area is 222 Å². The van der Waals surface area contributed by atoms with Crippen molar-refractivity contribution in [2.45, 2.75) is 42.5 Å². The number of nitrogens with zero attached hydrogens (tertiary/aromatic N) is 2. The minimum atomic E-state index is -4.10. The van der Waals surface area contributed by atoms with Gasteiger partial charge in [-0.25, -0.2) is 13.2 Å². The average molecular weight is 545 g/mol. The van der Waals surface area contributed by atoms with Gasteiger partial charge in [0, 0.05) is 13.2 Å². The average Bonchev–Trinajstić information content (AvgIpc) is 3.63. The zero-order valence-electron chi connectivity index (χ0n) is 21.0. The number of furan rings is 1. The number of aliphatic hydroxyl groups excluding tert-OH is 1. The lowest BCUT2D eigenvalue weighted by molar-refractivity contribution is 0.0160. The molecule has 3 aromatic rings. The van der Waals surface area contributed by atoms with E-state index in [-0.39, 0.29) is 31.0 Å². The summed E-state index contributed by atoms with van der Waals surface area (Å²) in [4.78, 5) is 13.7. The van der Waals surface area contributed by atoms with Crippen LogP contribution >= 0.6 is 0 Å². The lowest BCUT2D eigenvalue weighted by Crippen LogP contribution is -2.56. The largest absolute Gasteiger partial charge is 0.497 e. The molecular weight excluding hydrogens is 512 g/mol. The third kappa shape index (κ3) is 6.54. The van der Waals surface area contributed by atoms with Gasteiger partial charge < -0.3 is 24.1 Å². The lowest BCUT2D eigenvalue weighted by atomic mass is 9.97. The Balaban J connectivity index is 1.67. The molecule has 10 nitrogen and oxygen atoms in total. The Morgan fingerprint density at radius 1 is 1.11 bits per heavy atom. The highest BCUT2D eigenvalue weighted by atomic mass is 32.2.